The molecule has 1 heteroatoms. The van der Waals surface area contributed by atoms with Gasteiger partial charge in [0.2, 0.25) is 0 Å². The fourth-order valence-electron chi connectivity index (χ4n) is 6.81. The maximum Gasteiger partial charge on any atom is 0.00735 e. The summed E-state index contributed by atoms with van der Waals surface area (Å²) in [6.45, 7) is 5.20. The Morgan fingerprint density at radius 2 is 1.70 bits per heavy atom. The van der Waals surface area contributed by atoms with Gasteiger partial charge < -0.3 is 0 Å². The summed E-state index contributed by atoms with van der Waals surface area (Å²) >= 11 is 4.96. The molecule has 0 nitrogen and oxygen atoms in total. The second kappa shape index (κ2) is 4.54. The van der Waals surface area contributed by atoms with Crippen LogP contribution in [-0.4, -0.2) is 5.25 Å². The van der Waals surface area contributed by atoms with Crippen molar-refractivity contribution in [2.75, 3.05) is 0 Å². The molecule has 4 rings (SSSR count). The highest BCUT2D eigenvalue weighted by molar-refractivity contribution is 7.81. The monoisotopic (exact) mass is 290 g/mol. The van der Waals surface area contributed by atoms with Gasteiger partial charge >= 0.3 is 0 Å². The van der Waals surface area contributed by atoms with Gasteiger partial charge in [0.25, 0.3) is 0 Å². The molecular formula is C19H30S. The highest BCUT2D eigenvalue weighted by Gasteiger charge is 2.58. The lowest BCUT2D eigenvalue weighted by atomic mass is 9.46. The van der Waals surface area contributed by atoms with Crippen LogP contribution >= 0.6 is 12.6 Å². The van der Waals surface area contributed by atoms with Crippen LogP contribution in [0.4, 0.5) is 0 Å². The van der Waals surface area contributed by atoms with E-state index in [1.165, 1.54) is 51.4 Å². The van der Waals surface area contributed by atoms with Gasteiger partial charge in [-0.15, -0.1) is 0 Å². The summed E-state index contributed by atoms with van der Waals surface area (Å²) < 4.78 is 0. The van der Waals surface area contributed by atoms with E-state index in [0.29, 0.717) is 16.1 Å². The molecule has 3 saturated carbocycles. The predicted molar refractivity (Wildman–Crippen MR) is 89.0 cm³/mol. The maximum atomic E-state index is 4.96. The van der Waals surface area contributed by atoms with Gasteiger partial charge in [-0.25, -0.2) is 0 Å². The van der Waals surface area contributed by atoms with Gasteiger partial charge in [-0.3, -0.25) is 0 Å². The van der Waals surface area contributed by atoms with Crippen molar-refractivity contribution in [2.45, 2.75) is 70.5 Å². The van der Waals surface area contributed by atoms with E-state index in [4.69, 9.17) is 12.6 Å². The molecule has 112 valence electrons. The first kappa shape index (κ1) is 13.7. The molecule has 3 fully saturated rings. The van der Waals surface area contributed by atoms with Crippen LogP contribution in [0.5, 0.6) is 0 Å². The molecule has 7 atom stereocenters. The van der Waals surface area contributed by atoms with E-state index in [-0.39, 0.29) is 0 Å². The molecule has 0 aromatic carbocycles. The number of thiol groups is 1. The predicted octanol–water partition coefficient (Wildman–Crippen LogP) is 5.49. The summed E-state index contributed by atoms with van der Waals surface area (Å²) in [4.78, 5) is 0. The quantitative estimate of drug-likeness (QED) is 0.442. The van der Waals surface area contributed by atoms with Gasteiger partial charge in [0.15, 0.2) is 0 Å². The van der Waals surface area contributed by atoms with Crippen LogP contribution in [0, 0.1) is 34.5 Å². The van der Waals surface area contributed by atoms with E-state index in [1.807, 2.05) is 0 Å². The van der Waals surface area contributed by atoms with E-state index >= 15 is 0 Å². The van der Waals surface area contributed by atoms with Gasteiger partial charge in [-0.05, 0) is 85.9 Å². The Balaban J connectivity index is 1.66. The molecule has 0 amide bonds. The van der Waals surface area contributed by atoms with E-state index in [1.54, 1.807) is 0 Å². The first-order valence-electron chi connectivity index (χ1n) is 8.89. The first-order chi connectivity index (χ1) is 9.56. The molecule has 2 unspecified atom stereocenters. The van der Waals surface area contributed by atoms with Crippen LogP contribution in [0.2, 0.25) is 0 Å². The van der Waals surface area contributed by atoms with E-state index < -0.39 is 0 Å². The van der Waals surface area contributed by atoms with Gasteiger partial charge in [-0.1, -0.05) is 26.0 Å². The molecule has 0 heterocycles. The largest absolute Gasteiger partial charge is 0.175 e. The van der Waals surface area contributed by atoms with E-state index in [0.717, 1.165) is 23.7 Å². The Hall–Kier alpha value is 0.0900. The number of fused-ring (bicyclic) bond motifs is 5. The van der Waals surface area contributed by atoms with Gasteiger partial charge in [0.05, 0.1) is 0 Å². The number of allylic oxidation sites excluding steroid dienone is 2. The van der Waals surface area contributed by atoms with Gasteiger partial charge in [0.1, 0.15) is 0 Å². The summed E-state index contributed by atoms with van der Waals surface area (Å²) in [6.07, 6.45) is 16.4. The molecule has 0 saturated heterocycles. The molecule has 4 aliphatic rings. The van der Waals surface area contributed by atoms with Crippen molar-refractivity contribution < 1.29 is 0 Å². The van der Waals surface area contributed by atoms with Crippen molar-refractivity contribution in [3.8, 4) is 0 Å². The van der Waals surface area contributed by atoms with Crippen molar-refractivity contribution in [1.29, 1.82) is 0 Å². The minimum atomic E-state index is 0.554. The first-order valence-corrected chi connectivity index (χ1v) is 9.40. The smallest absolute Gasteiger partial charge is 0.00735 e. The number of hydrogen-bond donors (Lipinski definition) is 1. The Bertz CT molecular complexity index is 427. The van der Waals surface area contributed by atoms with E-state index in [2.05, 4.69) is 26.0 Å². The summed E-state index contributed by atoms with van der Waals surface area (Å²) in [7, 11) is 0. The van der Waals surface area contributed by atoms with Gasteiger partial charge in [-0.2, -0.15) is 12.6 Å². The second-order valence-corrected chi connectivity index (χ2v) is 9.33. The average molecular weight is 291 g/mol. The SMILES string of the molecule is C[C@]12CC=CCC1CC[C@@H]1[C@@H]2CC[C@]2(C)C(S)CC[C@@H]12. The minimum Gasteiger partial charge on any atom is -0.175 e. The molecule has 0 N–H and O–H groups in total. The molecule has 0 aromatic rings. The van der Waals surface area contributed by atoms with Crippen molar-refractivity contribution >= 4 is 12.6 Å². The van der Waals surface area contributed by atoms with Crippen molar-refractivity contribution in [1.82, 2.24) is 0 Å². The molecule has 0 bridgehead atoms. The van der Waals surface area contributed by atoms with E-state index in [9.17, 15) is 0 Å². The van der Waals surface area contributed by atoms with Gasteiger partial charge in [0, 0.05) is 5.25 Å². The van der Waals surface area contributed by atoms with Crippen molar-refractivity contribution in [2.24, 2.45) is 34.5 Å². The molecule has 0 radical (unpaired) electrons. The van der Waals surface area contributed by atoms with Crippen LogP contribution < -0.4 is 0 Å². The highest BCUT2D eigenvalue weighted by atomic mass is 32.1. The third kappa shape index (κ3) is 1.68. The minimum absolute atomic E-state index is 0.554. The normalized spacial score (nSPS) is 57.9. The van der Waals surface area contributed by atoms with Crippen LogP contribution in [0.3, 0.4) is 0 Å². The molecule has 0 aromatic heterocycles. The zero-order valence-corrected chi connectivity index (χ0v) is 14.0. The molecule has 20 heavy (non-hydrogen) atoms. The Morgan fingerprint density at radius 3 is 2.55 bits per heavy atom. The van der Waals surface area contributed by atoms with Crippen molar-refractivity contribution in [3.05, 3.63) is 12.2 Å². The molecule has 0 aliphatic heterocycles. The summed E-state index contributed by atoms with van der Waals surface area (Å²) in [5, 5.41) is 0.672. The summed E-state index contributed by atoms with van der Waals surface area (Å²) in [5.74, 6) is 3.97. The van der Waals surface area contributed by atoms with Crippen LogP contribution in [0.15, 0.2) is 12.2 Å². The summed E-state index contributed by atoms with van der Waals surface area (Å²) in [6, 6.07) is 0. The van der Waals surface area contributed by atoms with Crippen LogP contribution in [0.1, 0.15) is 65.2 Å². The van der Waals surface area contributed by atoms with Crippen LogP contribution in [-0.2, 0) is 0 Å². The topological polar surface area (TPSA) is 0 Å². The lowest BCUT2D eigenvalue weighted by Gasteiger charge is -2.59. The lowest BCUT2D eigenvalue weighted by molar-refractivity contribution is -0.0859. The lowest BCUT2D eigenvalue weighted by Crippen LogP contribution is -2.52. The fourth-order valence-corrected chi connectivity index (χ4v) is 7.28. The Morgan fingerprint density at radius 1 is 0.900 bits per heavy atom. The summed E-state index contributed by atoms with van der Waals surface area (Å²) in [5.41, 5.74) is 1.17. The van der Waals surface area contributed by atoms with Crippen LogP contribution in [0.25, 0.3) is 0 Å². The third-order valence-electron chi connectivity index (χ3n) is 8.16. The fraction of sp³-hybridized carbons (Fsp3) is 0.895. The maximum absolute atomic E-state index is 4.96. The Kier molecular flexibility index (Phi) is 3.12. The number of hydrogen-bond acceptors (Lipinski definition) is 1. The highest BCUT2D eigenvalue weighted by Crippen LogP contribution is 2.66. The molecule has 0 spiro atoms. The average Bonchev–Trinajstić information content (AvgIpc) is 2.74. The zero-order chi connectivity index (χ0) is 14.0. The second-order valence-electron chi connectivity index (χ2n) is 8.71. The molecular weight excluding hydrogens is 260 g/mol. The van der Waals surface area contributed by atoms with Crippen molar-refractivity contribution in [3.63, 3.8) is 0 Å². The Labute approximate surface area is 130 Å². The zero-order valence-electron chi connectivity index (χ0n) is 13.1. The number of rotatable bonds is 0. The third-order valence-corrected chi connectivity index (χ3v) is 9.01. The standard InChI is InChI=1S/C19H30S/c1-18-11-4-3-5-13(18)6-7-14-15-8-9-17(20)19(15,2)12-10-16(14)18/h3-4,13-17,20H,5-12H2,1-2H3/t13?,14-,15-,16-,17?,18-,19-/m0/s1. The molecule has 4 aliphatic carbocycles.